The summed E-state index contributed by atoms with van der Waals surface area (Å²) < 4.78 is 20.6. The van der Waals surface area contributed by atoms with E-state index in [0.29, 0.717) is 6.42 Å². The molecule has 0 radical (unpaired) electrons. The summed E-state index contributed by atoms with van der Waals surface area (Å²) in [5, 5.41) is 3.21. The summed E-state index contributed by atoms with van der Waals surface area (Å²) in [5.41, 5.74) is 1.83. The monoisotopic (exact) mass is 566 g/mol. The van der Waals surface area contributed by atoms with Crippen molar-refractivity contribution in [3.8, 4) is 5.75 Å². The number of hydrogen-bond acceptors (Lipinski definition) is 3. The second kappa shape index (κ2) is 13.4. The molecule has 7 heteroatoms. The van der Waals surface area contributed by atoms with E-state index in [0.717, 1.165) is 41.3 Å². The van der Waals surface area contributed by atoms with E-state index in [2.05, 4.69) is 21.2 Å². The predicted molar refractivity (Wildman–Crippen MR) is 146 cm³/mol. The minimum atomic E-state index is -0.746. The quantitative estimate of drug-likeness (QED) is 0.324. The Morgan fingerprint density at radius 2 is 1.59 bits per heavy atom. The molecule has 0 bridgehead atoms. The molecule has 1 aliphatic carbocycles. The lowest BCUT2D eigenvalue weighted by Crippen LogP contribution is -2.53. The summed E-state index contributed by atoms with van der Waals surface area (Å²) >= 11 is 3.45. The van der Waals surface area contributed by atoms with E-state index in [1.54, 1.807) is 17.0 Å². The van der Waals surface area contributed by atoms with Gasteiger partial charge in [0.2, 0.25) is 5.91 Å². The van der Waals surface area contributed by atoms with Gasteiger partial charge < -0.3 is 15.0 Å². The summed E-state index contributed by atoms with van der Waals surface area (Å²) in [6.45, 7) is -0.151. The first-order valence-corrected chi connectivity index (χ1v) is 13.5. The van der Waals surface area contributed by atoms with Crippen molar-refractivity contribution in [2.24, 2.45) is 0 Å². The molecule has 3 aromatic rings. The third-order valence-electron chi connectivity index (χ3n) is 6.68. The molecule has 4 rings (SSSR count). The molecule has 0 aliphatic heterocycles. The second-order valence-electron chi connectivity index (χ2n) is 9.42. The fourth-order valence-electron chi connectivity index (χ4n) is 4.67. The van der Waals surface area contributed by atoms with E-state index < -0.39 is 11.9 Å². The Balaban J connectivity index is 1.61. The molecule has 3 aromatic carbocycles. The van der Waals surface area contributed by atoms with Crippen LogP contribution in [0, 0.1) is 5.82 Å². The van der Waals surface area contributed by atoms with Crippen LogP contribution in [0.25, 0.3) is 0 Å². The molecule has 2 amide bonds. The van der Waals surface area contributed by atoms with Crippen LogP contribution in [-0.4, -0.2) is 35.4 Å². The van der Waals surface area contributed by atoms with Gasteiger partial charge in [0.1, 0.15) is 6.04 Å². The molecule has 1 atom stereocenters. The summed E-state index contributed by atoms with van der Waals surface area (Å²) in [5.74, 6) is -1.09. The lowest BCUT2D eigenvalue weighted by Gasteiger charge is -2.33. The van der Waals surface area contributed by atoms with E-state index in [1.807, 2.05) is 54.6 Å². The van der Waals surface area contributed by atoms with Crippen molar-refractivity contribution in [1.82, 2.24) is 10.2 Å². The van der Waals surface area contributed by atoms with Crippen LogP contribution >= 0.6 is 15.9 Å². The average Bonchev–Trinajstić information content (AvgIpc) is 2.92. The van der Waals surface area contributed by atoms with Crippen LogP contribution in [0.15, 0.2) is 83.3 Å². The highest BCUT2D eigenvalue weighted by Gasteiger charge is 2.32. The van der Waals surface area contributed by atoms with Gasteiger partial charge >= 0.3 is 0 Å². The number of halogens is 2. The number of rotatable bonds is 10. The molecule has 0 spiro atoms. The van der Waals surface area contributed by atoms with E-state index >= 15 is 0 Å². The summed E-state index contributed by atoms with van der Waals surface area (Å²) in [6, 6.07) is 22.7. The fourth-order valence-corrected chi connectivity index (χ4v) is 4.93. The van der Waals surface area contributed by atoms with E-state index in [4.69, 9.17) is 4.74 Å². The zero-order chi connectivity index (χ0) is 26.0. The minimum absolute atomic E-state index is 0.00529. The van der Waals surface area contributed by atoms with Gasteiger partial charge in [-0.3, -0.25) is 9.59 Å². The number of nitrogens with one attached hydrogen (secondary N) is 1. The number of benzene rings is 3. The molecule has 1 fully saturated rings. The van der Waals surface area contributed by atoms with Gasteiger partial charge in [-0.2, -0.15) is 0 Å². The molecule has 1 N–H and O–H groups in total. The molecule has 5 nitrogen and oxygen atoms in total. The van der Waals surface area contributed by atoms with Crippen molar-refractivity contribution < 1.29 is 18.7 Å². The van der Waals surface area contributed by atoms with Crippen LogP contribution in [0.2, 0.25) is 0 Å². The summed E-state index contributed by atoms with van der Waals surface area (Å²) in [7, 11) is 0. The topological polar surface area (TPSA) is 58.6 Å². The lowest BCUT2D eigenvalue weighted by atomic mass is 9.94. The molecular weight excluding hydrogens is 535 g/mol. The molecule has 0 aromatic heterocycles. The molecule has 0 saturated heterocycles. The second-order valence-corrected chi connectivity index (χ2v) is 10.3. The largest absolute Gasteiger partial charge is 0.481 e. The maximum atomic E-state index is 14.1. The zero-order valence-electron chi connectivity index (χ0n) is 20.7. The van der Waals surface area contributed by atoms with Gasteiger partial charge in [-0.05, 0) is 48.2 Å². The Labute approximate surface area is 226 Å². The number of amides is 2. The average molecular weight is 567 g/mol. The number of nitrogens with zero attached hydrogens (tertiary/aromatic N) is 1. The standard InChI is InChI=1S/C30H32BrFN2O3/c31-24-17-15-23(16-18-24)20-34(29(35)21-37-28-14-8-7-13-26(28)32)27(19-22-9-3-1-4-10-22)30(36)33-25-11-5-2-6-12-25/h1,3-4,7-10,13-18,25,27H,2,5-6,11-12,19-21H2,(H,33,36)/t27-/m0/s1. The number of hydrogen-bond donors (Lipinski definition) is 1. The van der Waals surface area contributed by atoms with Crippen molar-refractivity contribution in [3.63, 3.8) is 0 Å². The maximum Gasteiger partial charge on any atom is 0.261 e. The number of carbonyl (C=O) groups excluding carboxylic acids is 2. The molecule has 194 valence electrons. The minimum Gasteiger partial charge on any atom is -0.481 e. The molecule has 1 saturated carbocycles. The van der Waals surface area contributed by atoms with Crippen LogP contribution in [0.3, 0.4) is 0 Å². The van der Waals surface area contributed by atoms with Crippen molar-refractivity contribution in [2.45, 2.75) is 57.2 Å². The molecule has 0 heterocycles. The SMILES string of the molecule is O=C(NC1CCCCC1)[C@H](Cc1ccccc1)N(Cc1ccc(Br)cc1)C(=O)COc1ccccc1F. The zero-order valence-corrected chi connectivity index (χ0v) is 22.3. The van der Waals surface area contributed by atoms with E-state index in [1.165, 1.54) is 18.6 Å². The highest BCUT2D eigenvalue weighted by atomic mass is 79.9. The van der Waals surface area contributed by atoms with Crippen LogP contribution in [0.5, 0.6) is 5.75 Å². The first-order valence-electron chi connectivity index (χ1n) is 12.7. The van der Waals surface area contributed by atoms with Gasteiger partial charge in [0, 0.05) is 23.5 Å². The smallest absolute Gasteiger partial charge is 0.261 e. The normalized spacial score (nSPS) is 14.5. The van der Waals surface area contributed by atoms with Gasteiger partial charge in [0.15, 0.2) is 18.2 Å². The van der Waals surface area contributed by atoms with Gasteiger partial charge in [0.25, 0.3) is 5.91 Å². The number of ether oxygens (including phenoxy) is 1. The Morgan fingerprint density at radius 3 is 2.30 bits per heavy atom. The Morgan fingerprint density at radius 1 is 0.919 bits per heavy atom. The highest BCUT2D eigenvalue weighted by molar-refractivity contribution is 9.10. The van der Waals surface area contributed by atoms with Crippen molar-refractivity contribution in [3.05, 3.63) is 100 Å². The van der Waals surface area contributed by atoms with Crippen molar-refractivity contribution in [1.29, 1.82) is 0 Å². The Hall–Kier alpha value is -3.19. The van der Waals surface area contributed by atoms with E-state index in [9.17, 15) is 14.0 Å². The van der Waals surface area contributed by atoms with Crippen LogP contribution in [0.4, 0.5) is 4.39 Å². The fraction of sp³-hybridized carbons (Fsp3) is 0.333. The van der Waals surface area contributed by atoms with Gasteiger partial charge in [-0.25, -0.2) is 4.39 Å². The van der Waals surface area contributed by atoms with Gasteiger partial charge in [0.05, 0.1) is 0 Å². The Bertz CT molecular complexity index is 1170. The maximum absolute atomic E-state index is 14.1. The van der Waals surface area contributed by atoms with Crippen LogP contribution in [-0.2, 0) is 22.6 Å². The first kappa shape index (κ1) is 26.9. The van der Waals surface area contributed by atoms with Crippen molar-refractivity contribution >= 4 is 27.7 Å². The summed E-state index contributed by atoms with van der Waals surface area (Å²) in [4.78, 5) is 28.9. The van der Waals surface area contributed by atoms with Crippen molar-refractivity contribution in [2.75, 3.05) is 6.61 Å². The number of para-hydroxylation sites is 1. The molecule has 1 aliphatic rings. The highest BCUT2D eigenvalue weighted by Crippen LogP contribution is 2.21. The van der Waals surface area contributed by atoms with Crippen LogP contribution < -0.4 is 10.1 Å². The van der Waals surface area contributed by atoms with Gasteiger partial charge in [-0.1, -0.05) is 89.8 Å². The van der Waals surface area contributed by atoms with Gasteiger partial charge in [-0.15, -0.1) is 0 Å². The molecular formula is C30H32BrFN2O3. The molecule has 37 heavy (non-hydrogen) atoms. The van der Waals surface area contributed by atoms with E-state index in [-0.39, 0.29) is 36.8 Å². The van der Waals surface area contributed by atoms with Crippen LogP contribution in [0.1, 0.15) is 43.2 Å². The third-order valence-corrected chi connectivity index (χ3v) is 7.21. The molecule has 0 unspecified atom stereocenters. The Kier molecular flexibility index (Phi) is 9.71. The lowest BCUT2D eigenvalue weighted by molar-refractivity contribution is -0.143. The third kappa shape index (κ3) is 7.89. The first-order chi connectivity index (χ1) is 18.0. The predicted octanol–water partition coefficient (Wildman–Crippen LogP) is 6.06. The summed E-state index contributed by atoms with van der Waals surface area (Å²) in [6.07, 6.45) is 5.61. The number of carbonyl (C=O) groups is 2.